The lowest BCUT2D eigenvalue weighted by molar-refractivity contribution is -0.0249. The number of benzene rings is 1. The maximum Gasteiger partial charge on any atom is 0.322 e. The van der Waals surface area contributed by atoms with Crippen LogP contribution in [0.2, 0.25) is 0 Å². The van der Waals surface area contributed by atoms with E-state index in [-0.39, 0.29) is 17.6 Å². The Kier molecular flexibility index (Phi) is 4.30. The van der Waals surface area contributed by atoms with Crippen molar-refractivity contribution in [3.63, 3.8) is 0 Å². The Balaban J connectivity index is 2.03. The molecule has 2 rings (SSSR count). The molecule has 2 amide bonds. The third-order valence-electron chi connectivity index (χ3n) is 3.58. The summed E-state index contributed by atoms with van der Waals surface area (Å²) in [6.07, 6.45) is 0. The summed E-state index contributed by atoms with van der Waals surface area (Å²) in [6, 6.07) is 7.54. The van der Waals surface area contributed by atoms with Crippen molar-refractivity contribution < 1.29 is 9.53 Å². The van der Waals surface area contributed by atoms with Gasteiger partial charge < -0.3 is 20.7 Å². The Morgan fingerprint density at radius 3 is 2.60 bits per heavy atom. The minimum atomic E-state index is -0.284. The van der Waals surface area contributed by atoms with Gasteiger partial charge in [0.1, 0.15) is 0 Å². The van der Waals surface area contributed by atoms with Crippen LogP contribution in [0.1, 0.15) is 32.4 Å². The van der Waals surface area contributed by atoms with Gasteiger partial charge in [-0.1, -0.05) is 12.1 Å². The van der Waals surface area contributed by atoms with Crippen molar-refractivity contribution in [3.05, 3.63) is 29.8 Å². The number of nitrogens with zero attached hydrogens (tertiary/aromatic N) is 1. The normalized spacial score (nSPS) is 19.5. The average molecular weight is 277 g/mol. The topological polar surface area (TPSA) is 67.6 Å². The first kappa shape index (κ1) is 14.8. The largest absolute Gasteiger partial charge is 0.377 e. The fourth-order valence-electron chi connectivity index (χ4n) is 2.30. The molecule has 0 aromatic heterocycles. The zero-order valence-electron chi connectivity index (χ0n) is 12.3. The number of nitrogens with two attached hydrogens (primary N) is 1. The monoisotopic (exact) mass is 277 g/mol. The molecule has 110 valence electrons. The van der Waals surface area contributed by atoms with E-state index in [1.165, 1.54) is 0 Å². The Labute approximate surface area is 120 Å². The minimum Gasteiger partial charge on any atom is -0.377 e. The number of urea groups is 1. The number of nitrogens with one attached hydrogen (secondary N) is 1. The molecule has 0 bridgehead atoms. The van der Waals surface area contributed by atoms with Gasteiger partial charge in [-0.15, -0.1) is 0 Å². The molecular formula is C15H23N3O2. The number of morpholine rings is 1. The van der Waals surface area contributed by atoms with Crippen molar-refractivity contribution in [3.8, 4) is 0 Å². The zero-order chi connectivity index (χ0) is 14.8. The molecule has 1 heterocycles. The molecule has 0 aliphatic carbocycles. The third-order valence-corrected chi connectivity index (χ3v) is 3.58. The van der Waals surface area contributed by atoms with Crippen LogP contribution in [0, 0.1) is 0 Å². The summed E-state index contributed by atoms with van der Waals surface area (Å²) < 4.78 is 5.42. The van der Waals surface area contributed by atoms with Crippen LogP contribution in [-0.4, -0.2) is 36.2 Å². The van der Waals surface area contributed by atoms with Gasteiger partial charge in [0.25, 0.3) is 0 Å². The smallest absolute Gasteiger partial charge is 0.322 e. The molecule has 1 aromatic carbocycles. The highest BCUT2D eigenvalue weighted by atomic mass is 16.5. The molecule has 1 aromatic rings. The number of anilines is 1. The van der Waals surface area contributed by atoms with Crippen LogP contribution in [0.4, 0.5) is 10.5 Å². The number of amides is 2. The minimum absolute atomic E-state index is 0.00192. The van der Waals surface area contributed by atoms with Crippen LogP contribution in [0.15, 0.2) is 24.3 Å². The summed E-state index contributed by atoms with van der Waals surface area (Å²) in [5, 5.41) is 2.92. The van der Waals surface area contributed by atoms with Crippen molar-refractivity contribution >= 4 is 11.7 Å². The lowest BCUT2D eigenvalue weighted by atomic mass is 10.0. The van der Waals surface area contributed by atoms with Crippen LogP contribution >= 0.6 is 0 Å². The maximum atomic E-state index is 12.3. The Morgan fingerprint density at radius 1 is 1.40 bits per heavy atom. The number of ether oxygens (including phenoxy) is 1. The summed E-state index contributed by atoms with van der Waals surface area (Å²) >= 11 is 0. The molecular weight excluding hydrogens is 254 g/mol. The van der Waals surface area contributed by atoms with Crippen molar-refractivity contribution in [1.29, 1.82) is 0 Å². The van der Waals surface area contributed by atoms with Gasteiger partial charge in [0.2, 0.25) is 0 Å². The quantitative estimate of drug-likeness (QED) is 0.872. The van der Waals surface area contributed by atoms with E-state index in [0.29, 0.717) is 19.8 Å². The highest BCUT2D eigenvalue weighted by molar-refractivity contribution is 5.89. The van der Waals surface area contributed by atoms with E-state index in [1.54, 1.807) is 0 Å². The van der Waals surface area contributed by atoms with Gasteiger partial charge in [0, 0.05) is 18.3 Å². The number of rotatable bonds is 2. The number of hydrogen-bond donors (Lipinski definition) is 2. The lowest BCUT2D eigenvalue weighted by Crippen LogP contribution is -2.56. The highest BCUT2D eigenvalue weighted by Gasteiger charge is 2.34. The van der Waals surface area contributed by atoms with E-state index < -0.39 is 0 Å². The standard InChI is InChI=1S/C15H23N3O2/c1-11(16)12-4-6-13(7-5-12)17-14(19)18-8-9-20-10-15(18,2)3/h4-7,11H,8-10,16H2,1-3H3,(H,17,19). The molecule has 5 heteroatoms. The van der Waals surface area contributed by atoms with Gasteiger partial charge in [0.15, 0.2) is 0 Å². The number of carbonyl (C=O) groups is 1. The first-order chi connectivity index (χ1) is 9.40. The van der Waals surface area contributed by atoms with E-state index in [0.717, 1.165) is 11.3 Å². The summed E-state index contributed by atoms with van der Waals surface area (Å²) in [7, 11) is 0. The summed E-state index contributed by atoms with van der Waals surface area (Å²) in [5.41, 5.74) is 7.35. The predicted octanol–water partition coefficient (Wildman–Crippen LogP) is 2.35. The molecule has 1 aliphatic heterocycles. The molecule has 20 heavy (non-hydrogen) atoms. The SMILES string of the molecule is CC(N)c1ccc(NC(=O)N2CCOCC2(C)C)cc1. The van der Waals surface area contributed by atoms with Gasteiger partial charge in [-0.3, -0.25) is 0 Å². The van der Waals surface area contributed by atoms with E-state index >= 15 is 0 Å². The van der Waals surface area contributed by atoms with Crippen LogP contribution in [0.5, 0.6) is 0 Å². The molecule has 3 N–H and O–H groups in total. The zero-order valence-corrected chi connectivity index (χ0v) is 12.3. The van der Waals surface area contributed by atoms with E-state index in [9.17, 15) is 4.79 Å². The molecule has 1 atom stereocenters. The van der Waals surface area contributed by atoms with E-state index in [1.807, 2.05) is 49.9 Å². The summed E-state index contributed by atoms with van der Waals surface area (Å²) in [6.45, 7) is 7.70. The number of hydrogen-bond acceptors (Lipinski definition) is 3. The van der Waals surface area contributed by atoms with Crippen molar-refractivity contribution in [2.45, 2.75) is 32.4 Å². The Bertz CT molecular complexity index is 469. The molecule has 1 aliphatic rings. The fourth-order valence-corrected chi connectivity index (χ4v) is 2.30. The average Bonchev–Trinajstić information content (AvgIpc) is 2.38. The second kappa shape index (κ2) is 5.81. The second-order valence-electron chi connectivity index (χ2n) is 5.86. The van der Waals surface area contributed by atoms with E-state index in [4.69, 9.17) is 10.5 Å². The fraction of sp³-hybridized carbons (Fsp3) is 0.533. The summed E-state index contributed by atoms with van der Waals surface area (Å²) in [4.78, 5) is 14.2. The van der Waals surface area contributed by atoms with Gasteiger partial charge >= 0.3 is 6.03 Å². The van der Waals surface area contributed by atoms with Crippen LogP contribution in [-0.2, 0) is 4.74 Å². The van der Waals surface area contributed by atoms with Crippen molar-refractivity contribution in [2.75, 3.05) is 25.1 Å². The van der Waals surface area contributed by atoms with Gasteiger partial charge in [-0.05, 0) is 38.5 Å². The molecule has 1 saturated heterocycles. The summed E-state index contributed by atoms with van der Waals surface area (Å²) in [5.74, 6) is 0. The van der Waals surface area contributed by atoms with E-state index in [2.05, 4.69) is 5.32 Å². The number of carbonyl (C=O) groups excluding carboxylic acids is 1. The molecule has 0 radical (unpaired) electrons. The maximum absolute atomic E-state index is 12.3. The van der Waals surface area contributed by atoms with Crippen molar-refractivity contribution in [2.24, 2.45) is 5.73 Å². The van der Waals surface area contributed by atoms with Crippen LogP contribution < -0.4 is 11.1 Å². The second-order valence-corrected chi connectivity index (χ2v) is 5.86. The first-order valence-corrected chi connectivity index (χ1v) is 6.92. The molecule has 5 nitrogen and oxygen atoms in total. The highest BCUT2D eigenvalue weighted by Crippen LogP contribution is 2.21. The Morgan fingerprint density at radius 2 is 2.05 bits per heavy atom. The molecule has 1 unspecified atom stereocenters. The molecule has 0 spiro atoms. The van der Waals surface area contributed by atoms with Crippen molar-refractivity contribution in [1.82, 2.24) is 4.90 Å². The molecule has 1 fully saturated rings. The van der Waals surface area contributed by atoms with Crippen LogP contribution in [0.25, 0.3) is 0 Å². The van der Waals surface area contributed by atoms with Gasteiger partial charge in [-0.25, -0.2) is 4.79 Å². The first-order valence-electron chi connectivity index (χ1n) is 6.92. The Hall–Kier alpha value is -1.59. The lowest BCUT2D eigenvalue weighted by Gasteiger charge is -2.41. The predicted molar refractivity (Wildman–Crippen MR) is 79.7 cm³/mol. The van der Waals surface area contributed by atoms with Gasteiger partial charge in [0.05, 0.1) is 18.8 Å². The van der Waals surface area contributed by atoms with Gasteiger partial charge in [-0.2, -0.15) is 0 Å². The molecule has 0 saturated carbocycles. The third kappa shape index (κ3) is 3.29. The van der Waals surface area contributed by atoms with Crippen LogP contribution in [0.3, 0.4) is 0 Å².